The van der Waals surface area contributed by atoms with Gasteiger partial charge in [0.05, 0.1) is 17.1 Å². The number of rotatable bonds is 5. The summed E-state index contributed by atoms with van der Waals surface area (Å²) in [6, 6.07) is 10.2. The molecule has 0 amide bonds. The number of ether oxygens (including phenoxy) is 1. The summed E-state index contributed by atoms with van der Waals surface area (Å²) in [5, 5.41) is 14.6. The van der Waals surface area contributed by atoms with E-state index in [1.165, 1.54) is 6.07 Å². The summed E-state index contributed by atoms with van der Waals surface area (Å²) < 4.78 is 5.74. The van der Waals surface area contributed by atoms with Crippen LogP contribution >= 0.6 is 27.5 Å². The van der Waals surface area contributed by atoms with E-state index >= 15 is 0 Å². The summed E-state index contributed by atoms with van der Waals surface area (Å²) in [7, 11) is 1.55. The van der Waals surface area contributed by atoms with E-state index in [9.17, 15) is 10.1 Å². The number of nitrogens with one attached hydrogen (secondary N) is 1. The molecule has 0 saturated carbocycles. The van der Waals surface area contributed by atoms with Gasteiger partial charge < -0.3 is 10.1 Å². The van der Waals surface area contributed by atoms with E-state index in [0.29, 0.717) is 27.5 Å². The average molecular weight is 372 g/mol. The molecule has 0 fully saturated rings. The molecule has 0 spiro atoms. The van der Waals surface area contributed by atoms with Crippen molar-refractivity contribution in [2.24, 2.45) is 0 Å². The second-order valence-corrected chi connectivity index (χ2v) is 5.56. The Labute approximate surface area is 135 Å². The normalized spacial score (nSPS) is 10.2. The van der Waals surface area contributed by atoms with Crippen LogP contribution in [-0.4, -0.2) is 12.0 Å². The molecule has 0 aromatic heterocycles. The van der Waals surface area contributed by atoms with Crippen molar-refractivity contribution in [3.63, 3.8) is 0 Å². The van der Waals surface area contributed by atoms with Gasteiger partial charge in [0, 0.05) is 17.1 Å². The number of nitro benzene ring substituents is 1. The fourth-order valence-electron chi connectivity index (χ4n) is 1.82. The van der Waals surface area contributed by atoms with Gasteiger partial charge in [-0.05, 0) is 29.8 Å². The number of nitrogens with zero attached hydrogens (tertiary/aromatic N) is 1. The summed E-state index contributed by atoms with van der Waals surface area (Å²) in [6.45, 7) is 0.423. The van der Waals surface area contributed by atoms with E-state index in [0.717, 1.165) is 5.56 Å². The minimum atomic E-state index is -0.423. The van der Waals surface area contributed by atoms with Crippen LogP contribution in [0.3, 0.4) is 0 Å². The molecule has 0 bridgehead atoms. The highest BCUT2D eigenvalue weighted by Crippen LogP contribution is 2.29. The molecule has 0 heterocycles. The molecule has 2 aromatic carbocycles. The molecule has 0 aliphatic heterocycles. The minimum Gasteiger partial charge on any atom is -0.495 e. The van der Waals surface area contributed by atoms with Crippen molar-refractivity contribution in [3.8, 4) is 5.75 Å². The van der Waals surface area contributed by atoms with Gasteiger partial charge >= 0.3 is 0 Å². The van der Waals surface area contributed by atoms with Crippen LogP contribution < -0.4 is 10.1 Å². The van der Waals surface area contributed by atoms with Crippen molar-refractivity contribution in [1.29, 1.82) is 0 Å². The van der Waals surface area contributed by atoms with E-state index in [4.69, 9.17) is 16.3 Å². The second kappa shape index (κ2) is 6.78. The van der Waals surface area contributed by atoms with Gasteiger partial charge in [-0.25, -0.2) is 0 Å². The van der Waals surface area contributed by atoms with Crippen molar-refractivity contribution >= 4 is 38.9 Å². The minimum absolute atomic E-state index is 0.0176. The highest BCUT2D eigenvalue weighted by atomic mass is 79.9. The first-order chi connectivity index (χ1) is 10.0. The molecule has 0 aliphatic rings. The quantitative estimate of drug-likeness (QED) is 0.614. The Morgan fingerprint density at radius 2 is 2.10 bits per heavy atom. The summed E-state index contributed by atoms with van der Waals surface area (Å²) in [5.41, 5.74) is 1.37. The molecule has 21 heavy (non-hydrogen) atoms. The zero-order valence-corrected chi connectivity index (χ0v) is 13.4. The molecule has 0 aliphatic carbocycles. The summed E-state index contributed by atoms with van der Waals surface area (Å²) in [5.74, 6) is 0.593. The number of nitro groups is 1. The lowest BCUT2D eigenvalue weighted by Gasteiger charge is -2.09. The van der Waals surface area contributed by atoms with Crippen LogP contribution in [0.25, 0.3) is 0 Å². The maximum atomic E-state index is 11.0. The molecular formula is C14H12BrClN2O3. The standard InChI is InChI=1S/C14H12BrClN2O3/c1-21-14-5-2-9(6-11(14)16)8-17-12-4-3-10(15)7-13(12)18(19)20/h2-7,17H,8H2,1H3. The molecule has 2 rings (SSSR count). The molecule has 1 N–H and O–H groups in total. The van der Waals surface area contributed by atoms with Gasteiger partial charge in [-0.2, -0.15) is 0 Å². The lowest BCUT2D eigenvalue weighted by Crippen LogP contribution is -2.02. The first kappa shape index (κ1) is 15.6. The van der Waals surface area contributed by atoms with E-state index in [1.807, 2.05) is 6.07 Å². The van der Waals surface area contributed by atoms with Crippen LogP contribution in [0, 0.1) is 10.1 Å². The molecule has 2 aromatic rings. The number of hydrogen-bond acceptors (Lipinski definition) is 4. The maximum Gasteiger partial charge on any atom is 0.293 e. The fraction of sp³-hybridized carbons (Fsp3) is 0.143. The van der Waals surface area contributed by atoms with Crippen molar-refractivity contribution in [1.82, 2.24) is 0 Å². The van der Waals surface area contributed by atoms with Gasteiger partial charge in [-0.3, -0.25) is 10.1 Å². The van der Waals surface area contributed by atoms with Gasteiger partial charge in [0.15, 0.2) is 0 Å². The van der Waals surface area contributed by atoms with Crippen LogP contribution in [0.1, 0.15) is 5.56 Å². The van der Waals surface area contributed by atoms with Crippen molar-refractivity contribution in [2.45, 2.75) is 6.54 Å². The fourth-order valence-corrected chi connectivity index (χ4v) is 2.45. The molecule has 7 heteroatoms. The Hall–Kier alpha value is -1.79. The van der Waals surface area contributed by atoms with Gasteiger partial charge in [-0.15, -0.1) is 0 Å². The number of benzene rings is 2. The Morgan fingerprint density at radius 1 is 1.33 bits per heavy atom. The molecule has 0 atom stereocenters. The topological polar surface area (TPSA) is 64.4 Å². The average Bonchev–Trinajstić information content (AvgIpc) is 2.46. The molecule has 0 radical (unpaired) electrons. The van der Waals surface area contributed by atoms with Crippen molar-refractivity contribution < 1.29 is 9.66 Å². The lowest BCUT2D eigenvalue weighted by atomic mass is 10.2. The first-order valence-electron chi connectivity index (χ1n) is 6.01. The van der Waals surface area contributed by atoms with Gasteiger partial charge in [0.25, 0.3) is 5.69 Å². The number of anilines is 1. The van der Waals surface area contributed by atoms with Crippen LogP contribution in [0.2, 0.25) is 5.02 Å². The largest absolute Gasteiger partial charge is 0.495 e. The highest BCUT2D eigenvalue weighted by molar-refractivity contribution is 9.10. The second-order valence-electron chi connectivity index (χ2n) is 4.24. The Bertz CT molecular complexity index is 679. The van der Waals surface area contributed by atoms with Crippen LogP contribution in [0.4, 0.5) is 11.4 Å². The zero-order chi connectivity index (χ0) is 15.4. The predicted octanol–water partition coefficient (Wildman–Crippen LogP) is 4.63. The Morgan fingerprint density at radius 3 is 2.71 bits per heavy atom. The lowest BCUT2D eigenvalue weighted by molar-refractivity contribution is -0.384. The SMILES string of the molecule is COc1ccc(CNc2ccc(Br)cc2[N+](=O)[O-])cc1Cl. The monoisotopic (exact) mass is 370 g/mol. The molecule has 0 saturated heterocycles. The molecule has 0 unspecified atom stereocenters. The number of methoxy groups -OCH3 is 1. The maximum absolute atomic E-state index is 11.0. The van der Waals surface area contributed by atoms with Crippen LogP contribution in [0.5, 0.6) is 5.75 Å². The Balaban J connectivity index is 2.16. The van der Waals surface area contributed by atoms with Crippen LogP contribution in [-0.2, 0) is 6.54 Å². The van der Waals surface area contributed by atoms with E-state index < -0.39 is 4.92 Å². The predicted molar refractivity (Wildman–Crippen MR) is 86.1 cm³/mol. The third-order valence-corrected chi connectivity index (χ3v) is 3.64. The van der Waals surface area contributed by atoms with Gasteiger partial charge in [0.1, 0.15) is 11.4 Å². The van der Waals surface area contributed by atoms with E-state index in [-0.39, 0.29) is 5.69 Å². The van der Waals surface area contributed by atoms with E-state index in [2.05, 4.69) is 21.2 Å². The smallest absolute Gasteiger partial charge is 0.293 e. The van der Waals surface area contributed by atoms with E-state index in [1.54, 1.807) is 31.4 Å². The first-order valence-corrected chi connectivity index (χ1v) is 7.18. The third-order valence-electron chi connectivity index (χ3n) is 2.86. The summed E-state index contributed by atoms with van der Waals surface area (Å²) in [6.07, 6.45) is 0. The summed E-state index contributed by atoms with van der Waals surface area (Å²) >= 11 is 9.27. The summed E-state index contributed by atoms with van der Waals surface area (Å²) in [4.78, 5) is 10.6. The van der Waals surface area contributed by atoms with Gasteiger partial charge in [0.2, 0.25) is 0 Å². The molecule has 5 nitrogen and oxygen atoms in total. The number of hydrogen-bond donors (Lipinski definition) is 1. The third kappa shape index (κ3) is 3.86. The molecular weight excluding hydrogens is 360 g/mol. The Kier molecular flexibility index (Phi) is 5.03. The molecule has 110 valence electrons. The van der Waals surface area contributed by atoms with Gasteiger partial charge in [-0.1, -0.05) is 33.6 Å². The van der Waals surface area contributed by atoms with Crippen molar-refractivity contribution in [3.05, 3.63) is 61.6 Å². The zero-order valence-electron chi connectivity index (χ0n) is 11.1. The number of halogens is 2. The van der Waals surface area contributed by atoms with Crippen LogP contribution in [0.15, 0.2) is 40.9 Å². The van der Waals surface area contributed by atoms with Crippen molar-refractivity contribution in [2.75, 3.05) is 12.4 Å². The highest BCUT2D eigenvalue weighted by Gasteiger charge is 2.14.